The standard InChI is InChI=1S/C10H14N2O3/c1-6-3-11-5-8(6)9(13)12-4-7(2)10(14)15/h3,5,7,11H,4H2,1-2H3,(H,12,13)(H,14,15). The van der Waals surface area contributed by atoms with E-state index in [9.17, 15) is 9.59 Å². The molecule has 0 fully saturated rings. The molecule has 1 amide bonds. The molecule has 0 saturated heterocycles. The van der Waals surface area contributed by atoms with Gasteiger partial charge in [0.25, 0.3) is 5.91 Å². The predicted octanol–water partition coefficient (Wildman–Crippen LogP) is 0.774. The first kappa shape index (κ1) is 11.3. The normalized spacial score (nSPS) is 12.1. The number of carboxylic acids is 1. The zero-order chi connectivity index (χ0) is 11.4. The number of amides is 1. The average molecular weight is 210 g/mol. The van der Waals surface area contributed by atoms with E-state index in [-0.39, 0.29) is 12.5 Å². The lowest BCUT2D eigenvalue weighted by molar-refractivity contribution is -0.140. The minimum absolute atomic E-state index is 0.138. The molecule has 1 rings (SSSR count). The number of carboxylic acid groups (broad SMARTS) is 1. The van der Waals surface area contributed by atoms with Crippen LogP contribution in [-0.4, -0.2) is 28.5 Å². The minimum Gasteiger partial charge on any atom is -0.481 e. The van der Waals surface area contributed by atoms with E-state index in [1.54, 1.807) is 19.3 Å². The molecule has 15 heavy (non-hydrogen) atoms. The highest BCUT2D eigenvalue weighted by molar-refractivity contribution is 5.95. The number of H-pyrrole nitrogens is 1. The Morgan fingerprint density at radius 2 is 2.20 bits per heavy atom. The molecule has 1 aromatic heterocycles. The molecule has 0 aliphatic rings. The van der Waals surface area contributed by atoms with Crippen LogP contribution >= 0.6 is 0 Å². The van der Waals surface area contributed by atoms with Crippen molar-refractivity contribution in [1.82, 2.24) is 10.3 Å². The van der Waals surface area contributed by atoms with Crippen molar-refractivity contribution in [3.8, 4) is 0 Å². The first-order valence-corrected chi connectivity index (χ1v) is 4.66. The van der Waals surface area contributed by atoms with Crippen molar-refractivity contribution in [2.24, 2.45) is 5.92 Å². The van der Waals surface area contributed by atoms with Gasteiger partial charge in [-0.2, -0.15) is 0 Å². The first-order valence-electron chi connectivity index (χ1n) is 4.66. The van der Waals surface area contributed by atoms with Crippen LogP contribution in [0.25, 0.3) is 0 Å². The molecular formula is C10H14N2O3. The maximum atomic E-state index is 11.5. The van der Waals surface area contributed by atoms with Gasteiger partial charge in [0, 0.05) is 18.9 Å². The van der Waals surface area contributed by atoms with Gasteiger partial charge in [0.2, 0.25) is 0 Å². The van der Waals surface area contributed by atoms with Gasteiger partial charge < -0.3 is 15.4 Å². The molecule has 0 saturated carbocycles. The van der Waals surface area contributed by atoms with E-state index >= 15 is 0 Å². The van der Waals surface area contributed by atoms with Gasteiger partial charge >= 0.3 is 5.97 Å². The van der Waals surface area contributed by atoms with E-state index in [0.717, 1.165) is 5.56 Å². The lowest BCUT2D eigenvalue weighted by atomic mass is 10.1. The second-order valence-electron chi connectivity index (χ2n) is 3.50. The molecule has 1 unspecified atom stereocenters. The van der Waals surface area contributed by atoms with Crippen molar-refractivity contribution < 1.29 is 14.7 Å². The van der Waals surface area contributed by atoms with Crippen molar-refractivity contribution in [2.75, 3.05) is 6.54 Å². The second kappa shape index (κ2) is 4.63. The highest BCUT2D eigenvalue weighted by Crippen LogP contribution is 2.05. The molecule has 0 spiro atoms. The number of aromatic nitrogens is 1. The van der Waals surface area contributed by atoms with E-state index in [2.05, 4.69) is 10.3 Å². The maximum absolute atomic E-state index is 11.5. The topological polar surface area (TPSA) is 82.2 Å². The Morgan fingerprint density at radius 3 is 2.67 bits per heavy atom. The molecule has 5 nitrogen and oxygen atoms in total. The van der Waals surface area contributed by atoms with E-state index in [4.69, 9.17) is 5.11 Å². The predicted molar refractivity (Wildman–Crippen MR) is 54.7 cm³/mol. The Bertz CT molecular complexity index is 370. The van der Waals surface area contributed by atoms with Gasteiger partial charge in [-0.15, -0.1) is 0 Å². The number of hydrogen-bond donors (Lipinski definition) is 3. The summed E-state index contributed by atoms with van der Waals surface area (Å²) < 4.78 is 0. The summed E-state index contributed by atoms with van der Waals surface area (Å²) in [6.45, 7) is 3.50. The number of aliphatic carboxylic acids is 1. The Morgan fingerprint density at radius 1 is 1.53 bits per heavy atom. The second-order valence-corrected chi connectivity index (χ2v) is 3.50. The quantitative estimate of drug-likeness (QED) is 0.686. The Kier molecular flexibility index (Phi) is 3.49. The highest BCUT2D eigenvalue weighted by atomic mass is 16.4. The molecule has 3 N–H and O–H groups in total. The molecule has 1 atom stereocenters. The summed E-state index contributed by atoms with van der Waals surface area (Å²) in [6.07, 6.45) is 3.31. The first-order chi connectivity index (χ1) is 7.02. The zero-order valence-electron chi connectivity index (χ0n) is 8.70. The van der Waals surface area contributed by atoms with Gasteiger partial charge in [-0.25, -0.2) is 0 Å². The van der Waals surface area contributed by atoms with Crippen LogP contribution in [0.15, 0.2) is 12.4 Å². The number of nitrogens with one attached hydrogen (secondary N) is 2. The third-order valence-corrected chi connectivity index (χ3v) is 2.19. The van der Waals surface area contributed by atoms with Crippen LogP contribution in [0.4, 0.5) is 0 Å². The van der Waals surface area contributed by atoms with Gasteiger partial charge in [-0.05, 0) is 12.5 Å². The average Bonchev–Trinajstić information content (AvgIpc) is 2.60. The fourth-order valence-corrected chi connectivity index (χ4v) is 1.11. The number of aromatic amines is 1. The van der Waals surface area contributed by atoms with Crippen molar-refractivity contribution in [3.05, 3.63) is 23.5 Å². The maximum Gasteiger partial charge on any atom is 0.308 e. The number of rotatable bonds is 4. The molecule has 0 bridgehead atoms. The fourth-order valence-electron chi connectivity index (χ4n) is 1.11. The number of hydrogen-bond acceptors (Lipinski definition) is 2. The van der Waals surface area contributed by atoms with E-state index in [1.165, 1.54) is 0 Å². The van der Waals surface area contributed by atoms with E-state index < -0.39 is 11.9 Å². The SMILES string of the molecule is Cc1c[nH]cc1C(=O)NCC(C)C(=O)O. The Labute approximate surface area is 87.5 Å². The Balaban J connectivity index is 2.51. The van der Waals surface area contributed by atoms with Crippen LogP contribution in [0.5, 0.6) is 0 Å². The summed E-state index contributed by atoms with van der Waals surface area (Å²) in [5.41, 5.74) is 1.39. The smallest absolute Gasteiger partial charge is 0.308 e. The van der Waals surface area contributed by atoms with Gasteiger partial charge in [-0.1, -0.05) is 6.92 Å². The van der Waals surface area contributed by atoms with Gasteiger partial charge in [-0.3, -0.25) is 9.59 Å². The van der Waals surface area contributed by atoms with E-state index in [1.807, 2.05) is 6.92 Å². The molecule has 0 radical (unpaired) electrons. The third-order valence-electron chi connectivity index (χ3n) is 2.19. The van der Waals surface area contributed by atoms with Crippen molar-refractivity contribution in [3.63, 3.8) is 0 Å². The number of aryl methyl sites for hydroxylation is 1. The monoisotopic (exact) mass is 210 g/mol. The highest BCUT2D eigenvalue weighted by Gasteiger charge is 2.14. The molecule has 82 valence electrons. The molecule has 0 aliphatic carbocycles. The lowest BCUT2D eigenvalue weighted by Crippen LogP contribution is -2.31. The van der Waals surface area contributed by atoms with Crippen LogP contribution < -0.4 is 5.32 Å². The molecule has 1 heterocycles. The molecule has 0 aromatic carbocycles. The van der Waals surface area contributed by atoms with Crippen LogP contribution in [0.3, 0.4) is 0 Å². The summed E-state index contributed by atoms with van der Waals surface area (Å²) in [5, 5.41) is 11.2. The van der Waals surface area contributed by atoms with Crippen molar-refractivity contribution in [1.29, 1.82) is 0 Å². The summed E-state index contributed by atoms with van der Waals surface area (Å²) in [7, 11) is 0. The summed E-state index contributed by atoms with van der Waals surface area (Å²) >= 11 is 0. The third kappa shape index (κ3) is 2.83. The number of carbonyl (C=O) groups excluding carboxylic acids is 1. The molecule has 5 heteroatoms. The van der Waals surface area contributed by atoms with Crippen LogP contribution in [0.1, 0.15) is 22.8 Å². The zero-order valence-corrected chi connectivity index (χ0v) is 8.70. The molecular weight excluding hydrogens is 196 g/mol. The van der Waals surface area contributed by atoms with Gasteiger partial charge in [0.1, 0.15) is 0 Å². The number of carbonyl (C=O) groups is 2. The lowest BCUT2D eigenvalue weighted by Gasteiger charge is -2.07. The van der Waals surface area contributed by atoms with Gasteiger partial charge in [0.15, 0.2) is 0 Å². The van der Waals surface area contributed by atoms with Crippen molar-refractivity contribution >= 4 is 11.9 Å². The Hall–Kier alpha value is -1.78. The largest absolute Gasteiger partial charge is 0.481 e. The van der Waals surface area contributed by atoms with E-state index in [0.29, 0.717) is 5.56 Å². The van der Waals surface area contributed by atoms with Gasteiger partial charge in [0.05, 0.1) is 11.5 Å². The summed E-state index contributed by atoms with van der Waals surface area (Å²) in [6, 6.07) is 0. The molecule has 1 aromatic rings. The van der Waals surface area contributed by atoms with Crippen LogP contribution in [0, 0.1) is 12.8 Å². The molecule has 0 aliphatic heterocycles. The summed E-state index contributed by atoms with van der Waals surface area (Å²) in [4.78, 5) is 24.8. The summed E-state index contributed by atoms with van der Waals surface area (Å²) in [5.74, 6) is -1.74. The van der Waals surface area contributed by atoms with Crippen molar-refractivity contribution in [2.45, 2.75) is 13.8 Å². The minimum atomic E-state index is -0.916. The van der Waals surface area contributed by atoms with Crippen LogP contribution in [-0.2, 0) is 4.79 Å². The fraction of sp³-hybridized carbons (Fsp3) is 0.400. The van der Waals surface area contributed by atoms with Crippen LogP contribution in [0.2, 0.25) is 0 Å².